The second kappa shape index (κ2) is 6.44. The summed E-state index contributed by atoms with van der Waals surface area (Å²) in [5, 5.41) is 10.9. The van der Waals surface area contributed by atoms with Crippen molar-refractivity contribution in [1.82, 2.24) is 0 Å². The zero-order valence-corrected chi connectivity index (χ0v) is 12.2. The molecule has 0 radical (unpaired) electrons. The molecule has 0 saturated heterocycles. The highest BCUT2D eigenvalue weighted by Gasteiger charge is 2.17. The van der Waals surface area contributed by atoms with Gasteiger partial charge in [-0.3, -0.25) is 0 Å². The summed E-state index contributed by atoms with van der Waals surface area (Å²) in [6.07, 6.45) is -0.889. The first-order valence-electron chi connectivity index (χ1n) is 5.97. The Morgan fingerprint density at radius 1 is 1.20 bits per heavy atom. The van der Waals surface area contributed by atoms with E-state index in [4.69, 9.17) is 27.9 Å². The van der Waals surface area contributed by atoms with Gasteiger partial charge in [-0.2, -0.15) is 0 Å². The quantitative estimate of drug-likeness (QED) is 0.905. The van der Waals surface area contributed by atoms with E-state index in [9.17, 15) is 9.50 Å². The fourth-order valence-electron chi connectivity index (χ4n) is 1.94. The maximum atomic E-state index is 13.7. The van der Waals surface area contributed by atoms with Crippen LogP contribution < -0.4 is 4.74 Å². The van der Waals surface area contributed by atoms with Gasteiger partial charge in [-0.15, -0.1) is 0 Å². The van der Waals surface area contributed by atoms with Gasteiger partial charge < -0.3 is 9.84 Å². The Balaban J connectivity index is 2.26. The average Bonchev–Trinajstić information content (AvgIpc) is 2.42. The molecule has 1 N–H and O–H groups in total. The Hall–Kier alpha value is -1.29. The van der Waals surface area contributed by atoms with Gasteiger partial charge in [0.15, 0.2) is 0 Å². The first kappa shape index (κ1) is 15.1. The Bertz CT molecular complexity index is 597. The molecular formula is C15H13Cl2FO2. The minimum Gasteiger partial charge on any atom is -0.497 e. The molecule has 5 heteroatoms. The number of methoxy groups -OCH3 is 1. The number of hydrogen-bond donors (Lipinski definition) is 1. The maximum absolute atomic E-state index is 13.7. The largest absolute Gasteiger partial charge is 0.497 e. The van der Waals surface area contributed by atoms with Gasteiger partial charge in [0.2, 0.25) is 0 Å². The highest BCUT2D eigenvalue weighted by atomic mass is 35.5. The summed E-state index contributed by atoms with van der Waals surface area (Å²) >= 11 is 12.0. The van der Waals surface area contributed by atoms with Crippen LogP contribution >= 0.6 is 23.2 Å². The molecular weight excluding hydrogens is 302 g/mol. The van der Waals surface area contributed by atoms with Gasteiger partial charge in [-0.25, -0.2) is 4.39 Å². The fraction of sp³-hybridized carbons (Fsp3) is 0.200. The predicted molar refractivity (Wildman–Crippen MR) is 78.1 cm³/mol. The molecule has 0 saturated carbocycles. The van der Waals surface area contributed by atoms with Crippen LogP contribution in [-0.4, -0.2) is 12.2 Å². The molecule has 0 heterocycles. The number of aliphatic hydroxyl groups excluding tert-OH is 1. The standard InChI is InChI=1S/C15H13Cl2FO2/c1-20-9-5-6-10(13(17)7-9)15(19)8-11-12(16)3-2-4-14(11)18/h2-7,15,19H,8H2,1H3. The molecule has 2 rings (SSSR count). The minimum atomic E-state index is -0.942. The van der Waals surface area contributed by atoms with Crippen molar-refractivity contribution >= 4 is 23.2 Å². The minimum absolute atomic E-state index is 0.0531. The molecule has 2 aromatic rings. The Morgan fingerprint density at radius 2 is 1.95 bits per heavy atom. The molecule has 20 heavy (non-hydrogen) atoms. The monoisotopic (exact) mass is 314 g/mol. The van der Waals surface area contributed by atoms with Crippen LogP contribution in [0.1, 0.15) is 17.2 Å². The molecule has 1 unspecified atom stereocenters. The zero-order valence-electron chi connectivity index (χ0n) is 10.7. The van der Waals surface area contributed by atoms with Crippen LogP contribution in [0.2, 0.25) is 10.0 Å². The van der Waals surface area contributed by atoms with E-state index in [-0.39, 0.29) is 17.0 Å². The molecule has 0 aromatic heterocycles. The summed E-state index contributed by atoms with van der Waals surface area (Å²) in [7, 11) is 1.53. The Labute approximate surface area is 126 Å². The summed E-state index contributed by atoms with van der Waals surface area (Å²) in [6, 6.07) is 9.36. The molecule has 0 bridgehead atoms. The van der Waals surface area contributed by atoms with E-state index in [1.165, 1.54) is 19.2 Å². The lowest BCUT2D eigenvalue weighted by Gasteiger charge is -2.15. The van der Waals surface area contributed by atoms with E-state index in [1.807, 2.05) is 0 Å². The van der Waals surface area contributed by atoms with Crippen LogP contribution in [-0.2, 0) is 6.42 Å². The summed E-state index contributed by atoms with van der Waals surface area (Å²) in [6.45, 7) is 0. The smallest absolute Gasteiger partial charge is 0.127 e. The molecule has 0 aliphatic carbocycles. The third-order valence-electron chi connectivity index (χ3n) is 3.03. The highest BCUT2D eigenvalue weighted by molar-refractivity contribution is 6.32. The number of halogens is 3. The SMILES string of the molecule is COc1ccc(C(O)Cc2c(F)cccc2Cl)c(Cl)c1. The molecule has 0 amide bonds. The summed E-state index contributed by atoms with van der Waals surface area (Å²) < 4.78 is 18.7. The maximum Gasteiger partial charge on any atom is 0.127 e. The average molecular weight is 315 g/mol. The zero-order chi connectivity index (χ0) is 14.7. The van der Waals surface area contributed by atoms with Crippen molar-refractivity contribution in [3.05, 3.63) is 63.4 Å². The van der Waals surface area contributed by atoms with Crippen molar-refractivity contribution in [2.45, 2.75) is 12.5 Å². The first-order chi connectivity index (χ1) is 9.52. The normalized spacial score (nSPS) is 12.2. The Kier molecular flexibility index (Phi) is 4.86. The van der Waals surface area contributed by atoms with E-state index in [0.717, 1.165) is 0 Å². The molecule has 0 aliphatic rings. The number of benzene rings is 2. The topological polar surface area (TPSA) is 29.5 Å². The summed E-state index contributed by atoms with van der Waals surface area (Å²) in [5.74, 6) is 0.149. The molecule has 0 aliphatic heterocycles. The van der Waals surface area contributed by atoms with Crippen molar-refractivity contribution < 1.29 is 14.2 Å². The van der Waals surface area contributed by atoms with E-state index >= 15 is 0 Å². The molecule has 106 valence electrons. The van der Waals surface area contributed by atoms with Crippen LogP contribution in [0.4, 0.5) is 4.39 Å². The lowest BCUT2D eigenvalue weighted by atomic mass is 10.0. The Morgan fingerprint density at radius 3 is 2.55 bits per heavy atom. The number of hydrogen-bond acceptors (Lipinski definition) is 2. The van der Waals surface area contributed by atoms with Crippen LogP contribution in [0.15, 0.2) is 36.4 Å². The first-order valence-corrected chi connectivity index (χ1v) is 6.73. The van der Waals surface area contributed by atoms with E-state index in [2.05, 4.69) is 0 Å². The van der Waals surface area contributed by atoms with Crippen molar-refractivity contribution in [2.24, 2.45) is 0 Å². The number of aliphatic hydroxyl groups is 1. The third kappa shape index (κ3) is 3.23. The van der Waals surface area contributed by atoms with Crippen LogP contribution in [0.5, 0.6) is 5.75 Å². The molecule has 0 spiro atoms. The van der Waals surface area contributed by atoms with Gasteiger partial charge in [0, 0.05) is 17.0 Å². The van der Waals surface area contributed by atoms with E-state index < -0.39 is 11.9 Å². The van der Waals surface area contributed by atoms with Crippen LogP contribution in [0.3, 0.4) is 0 Å². The van der Waals surface area contributed by atoms with Gasteiger partial charge in [0.05, 0.1) is 18.2 Å². The lowest BCUT2D eigenvalue weighted by Crippen LogP contribution is -2.05. The molecule has 2 nitrogen and oxygen atoms in total. The van der Waals surface area contributed by atoms with Crippen LogP contribution in [0.25, 0.3) is 0 Å². The van der Waals surface area contributed by atoms with E-state index in [0.29, 0.717) is 16.3 Å². The molecule has 2 aromatic carbocycles. The van der Waals surface area contributed by atoms with Gasteiger partial charge in [0.1, 0.15) is 11.6 Å². The van der Waals surface area contributed by atoms with Crippen molar-refractivity contribution in [3.8, 4) is 5.75 Å². The summed E-state index contributed by atoms with van der Waals surface area (Å²) in [4.78, 5) is 0. The van der Waals surface area contributed by atoms with Gasteiger partial charge in [-0.1, -0.05) is 35.3 Å². The highest BCUT2D eigenvalue weighted by Crippen LogP contribution is 2.31. The van der Waals surface area contributed by atoms with Gasteiger partial charge in [0.25, 0.3) is 0 Å². The second-order valence-corrected chi connectivity index (χ2v) is 5.12. The van der Waals surface area contributed by atoms with E-state index in [1.54, 1.807) is 24.3 Å². The number of ether oxygens (including phenoxy) is 1. The predicted octanol–water partition coefficient (Wildman–Crippen LogP) is 4.42. The van der Waals surface area contributed by atoms with Crippen molar-refractivity contribution in [2.75, 3.05) is 7.11 Å². The summed E-state index contributed by atoms with van der Waals surface area (Å²) in [5.41, 5.74) is 0.778. The second-order valence-electron chi connectivity index (χ2n) is 4.31. The van der Waals surface area contributed by atoms with Gasteiger partial charge in [-0.05, 0) is 29.8 Å². The fourth-order valence-corrected chi connectivity index (χ4v) is 2.47. The van der Waals surface area contributed by atoms with Gasteiger partial charge >= 0.3 is 0 Å². The molecule has 1 atom stereocenters. The third-order valence-corrected chi connectivity index (χ3v) is 3.71. The molecule has 0 fully saturated rings. The number of rotatable bonds is 4. The van der Waals surface area contributed by atoms with Crippen LogP contribution in [0, 0.1) is 5.82 Å². The van der Waals surface area contributed by atoms with Crippen molar-refractivity contribution in [1.29, 1.82) is 0 Å². The lowest BCUT2D eigenvalue weighted by molar-refractivity contribution is 0.177. The van der Waals surface area contributed by atoms with Crippen molar-refractivity contribution in [3.63, 3.8) is 0 Å².